The van der Waals surface area contributed by atoms with E-state index in [4.69, 9.17) is 15.2 Å². The van der Waals surface area contributed by atoms with E-state index in [1.54, 1.807) is 7.11 Å². The molecular weight excluding hydrogens is 240 g/mol. The largest absolute Gasteiger partial charge is 0.384 e. The van der Waals surface area contributed by atoms with E-state index >= 15 is 0 Å². The van der Waals surface area contributed by atoms with Gasteiger partial charge in [-0.05, 0) is 52.0 Å². The van der Waals surface area contributed by atoms with Gasteiger partial charge in [0.1, 0.15) is 0 Å². The summed E-state index contributed by atoms with van der Waals surface area (Å²) < 4.78 is 11.2. The summed E-state index contributed by atoms with van der Waals surface area (Å²) in [6.45, 7) is 9.11. The Bertz CT molecular complexity index is 294. The zero-order valence-electron chi connectivity index (χ0n) is 12.8. The van der Waals surface area contributed by atoms with Crippen molar-refractivity contribution < 1.29 is 9.47 Å². The fourth-order valence-electron chi connectivity index (χ4n) is 3.89. The van der Waals surface area contributed by atoms with E-state index in [0.717, 1.165) is 39.1 Å². The van der Waals surface area contributed by atoms with Gasteiger partial charge < -0.3 is 15.2 Å². The Morgan fingerprint density at radius 2 is 2.21 bits per heavy atom. The van der Waals surface area contributed by atoms with Crippen LogP contribution in [0.25, 0.3) is 0 Å². The van der Waals surface area contributed by atoms with Gasteiger partial charge in [-0.1, -0.05) is 0 Å². The zero-order chi connectivity index (χ0) is 13.9. The third-order valence-electron chi connectivity index (χ3n) is 4.79. The number of ether oxygens (including phenoxy) is 2. The van der Waals surface area contributed by atoms with Crippen molar-refractivity contribution in [2.75, 3.05) is 40.0 Å². The summed E-state index contributed by atoms with van der Waals surface area (Å²) in [6.07, 6.45) is 4.64. The van der Waals surface area contributed by atoms with Gasteiger partial charge in [-0.3, -0.25) is 4.90 Å². The maximum absolute atomic E-state index is 6.18. The van der Waals surface area contributed by atoms with Crippen LogP contribution in [0.2, 0.25) is 0 Å². The van der Waals surface area contributed by atoms with Crippen molar-refractivity contribution in [2.24, 2.45) is 11.7 Å². The number of piperidine rings is 1. The Balaban J connectivity index is 2.07. The molecule has 0 aliphatic carbocycles. The van der Waals surface area contributed by atoms with E-state index in [0.29, 0.717) is 5.92 Å². The first-order chi connectivity index (χ1) is 9.01. The van der Waals surface area contributed by atoms with Crippen LogP contribution in [-0.4, -0.2) is 56.0 Å². The number of nitrogens with zero attached hydrogens (tertiary/aromatic N) is 1. The molecule has 2 fully saturated rings. The summed E-state index contributed by atoms with van der Waals surface area (Å²) in [7, 11) is 1.80. The number of rotatable bonds is 4. The molecule has 4 nitrogen and oxygen atoms in total. The van der Waals surface area contributed by atoms with Crippen molar-refractivity contribution in [3.63, 3.8) is 0 Å². The van der Waals surface area contributed by atoms with Gasteiger partial charge >= 0.3 is 0 Å². The Kier molecular flexibility index (Phi) is 4.88. The molecule has 0 saturated carbocycles. The minimum absolute atomic E-state index is 0.0498. The monoisotopic (exact) mass is 270 g/mol. The highest BCUT2D eigenvalue weighted by Crippen LogP contribution is 2.38. The predicted octanol–water partition coefficient (Wildman–Crippen LogP) is 1.63. The summed E-state index contributed by atoms with van der Waals surface area (Å²) in [5.74, 6) is 0.660. The number of hydrogen-bond acceptors (Lipinski definition) is 4. The first-order valence-electron chi connectivity index (χ1n) is 7.59. The molecule has 2 N–H and O–H groups in total. The van der Waals surface area contributed by atoms with Crippen LogP contribution in [0.5, 0.6) is 0 Å². The van der Waals surface area contributed by atoms with Gasteiger partial charge in [0.05, 0.1) is 12.2 Å². The van der Waals surface area contributed by atoms with Gasteiger partial charge in [-0.15, -0.1) is 0 Å². The minimum atomic E-state index is -0.0498. The van der Waals surface area contributed by atoms with Crippen molar-refractivity contribution in [2.45, 2.75) is 50.7 Å². The molecule has 2 rings (SSSR count). The Hall–Kier alpha value is -0.160. The lowest BCUT2D eigenvalue weighted by molar-refractivity contribution is -0.126. The van der Waals surface area contributed by atoms with Crippen molar-refractivity contribution in [3.8, 4) is 0 Å². The molecule has 0 aromatic heterocycles. The van der Waals surface area contributed by atoms with Crippen LogP contribution in [0.1, 0.15) is 39.5 Å². The summed E-state index contributed by atoms with van der Waals surface area (Å²) in [5, 5.41) is 0. The SMILES string of the molecule is COCC1CCCN(C2(CN)CCOC(C)(C)C2)C1. The molecule has 0 aromatic carbocycles. The number of hydrogen-bond donors (Lipinski definition) is 1. The average Bonchev–Trinajstić information content (AvgIpc) is 2.38. The average molecular weight is 270 g/mol. The lowest BCUT2D eigenvalue weighted by atomic mass is 9.78. The second kappa shape index (κ2) is 6.08. The zero-order valence-corrected chi connectivity index (χ0v) is 12.8. The van der Waals surface area contributed by atoms with Crippen molar-refractivity contribution in [1.82, 2.24) is 4.90 Å². The van der Waals surface area contributed by atoms with Gasteiger partial charge in [0.2, 0.25) is 0 Å². The fourth-order valence-corrected chi connectivity index (χ4v) is 3.89. The van der Waals surface area contributed by atoms with E-state index < -0.39 is 0 Å². The fraction of sp³-hybridized carbons (Fsp3) is 1.00. The van der Waals surface area contributed by atoms with Crippen LogP contribution >= 0.6 is 0 Å². The Morgan fingerprint density at radius 3 is 2.84 bits per heavy atom. The van der Waals surface area contributed by atoms with E-state index in [-0.39, 0.29) is 11.1 Å². The standard InChI is InChI=1S/C15H30N2O2/c1-14(2)11-15(12-16,6-8-19-14)17-7-4-5-13(9-17)10-18-3/h13H,4-12,16H2,1-3H3. The molecule has 19 heavy (non-hydrogen) atoms. The highest BCUT2D eigenvalue weighted by Gasteiger charge is 2.45. The molecule has 2 atom stereocenters. The normalized spacial score (nSPS) is 36.3. The quantitative estimate of drug-likeness (QED) is 0.843. The third kappa shape index (κ3) is 3.48. The maximum Gasteiger partial charge on any atom is 0.0644 e. The van der Waals surface area contributed by atoms with Crippen LogP contribution in [-0.2, 0) is 9.47 Å². The van der Waals surface area contributed by atoms with Crippen LogP contribution in [0.3, 0.4) is 0 Å². The summed E-state index contributed by atoms with van der Waals surface area (Å²) in [6, 6.07) is 0. The highest BCUT2D eigenvalue weighted by molar-refractivity contribution is 5.00. The van der Waals surface area contributed by atoms with Crippen LogP contribution in [0.4, 0.5) is 0 Å². The van der Waals surface area contributed by atoms with Crippen molar-refractivity contribution >= 4 is 0 Å². The number of nitrogens with two attached hydrogens (primary N) is 1. The van der Waals surface area contributed by atoms with Gasteiger partial charge in [-0.2, -0.15) is 0 Å². The first kappa shape index (κ1) is 15.2. The molecule has 2 saturated heterocycles. The molecule has 0 spiro atoms. The lowest BCUT2D eigenvalue weighted by Gasteiger charge is -2.53. The van der Waals surface area contributed by atoms with Crippen molar-refractivity contribution in [1.29, 1.82) is 0 Å². The Labute approximate surface area is 117 Å². The van der Waals surface area contributed by atoms with Crippen LogP contribution in [0, 0.1) is 5.92 Å². The topological polar surface area (TPSA) is 47.7 Å². The highest BCUT2D eigenvalue weighted by atomic mass is 16.5. The lowest BCUT2D eigenvalue weighted by Crippen LogP contribution is -2.62. The second-order valence-corrected chi connectivity index (χ2v) is 6.87. The number of methoxy groups -OCH3 is 1. The molecule has 2 aliphatic rings. The molecule has 0 aromatic rings. The van der Waals surface area contributed by atoms with Gasteiger partial charge in [0, 0.05) is 32.3 Å². The Morgan fingerprint density at radius 1 is 1.42 bits per heavy atom. The molecule has 2 unspecified atom stereocenters. The minimum Gasteiger partial charge on any atom is -0.384 e. The first-order valence-corrected chi connectivity index (χ1v) is 7.59. The third-order valence-corrected chi connectivity index (χ3v) is 4.79. The molecule has 2 heterocycles. The molecule has 4 heteroatoms. The van der Waals surface area contributed by atoms with Gasteiger partial charge in [-0.25, -0.2) is 0 Å². The molecule has 0 bridgehead atoms. The van der Waals surface area contributed by atoms with Crippen LogP contribution in [0.15, 0.2) is 0 Å². The van der Waals surface area contributed by atoms with E-state index in [1.807, 2.05) is 0 Å². The molecule has 112 valence electrons. The van der Waals surface area contributed by atoms with E-state index in [1.165, 1.54) is 19.4 Å². The predicted molar refractivity (Wildman–Crippen MR) is 77.2 cm³/mol. The molecule has 0 amide bonds. The number of likely N-dealkylation sites (tertiary alicyclic amines) is 1. The summed E-state index contributed by atoms with van der Waals surface area (Å²) in [4.78, 5) is 2.63. The van der Waals surface area contributed by atoms with E-state index in [9.17, 15) is 0 Å². The molecular formula is C15H30N2O2. The smallest absolute Gasteiger partial charge is 0.0644 e. The summed E-state index contributed by atoms with van der Waals surface area (Å²) in [5.41, 5.74) is 6.26. The molecule has 0 radical (unpaired) electrons. The maximum atomic E-state index is 6.18. The second-order valence-electron chi connectivity index (χ2n) is 6.87. The summed E-state index contributed by atoms with van der Waals surface area (Å²) >= 11 is 0. The van der Waals surface area contributed by atoms with Gasteiger partial charge in [0.15, 0.2) is 0 Å². The van der Waals surface area contributed by atoms with Crippen LogP contribution < -0.4 is 5.73 Å². The van der Waals surface area contributed by atoms with Crippen molar-refractivity contribution in [3.05, 3.63) is 0 Å². The molecule has 2 aliphatic heterocycles. The van der Waals surface area contributed by atoms with E-state index in [2.05, 4.69) is 18.7 Å². The van der Waals surface area contributed by atoms with Gasteiger partial charge in [0.25, 0.3) is 0 Å².